The summed E-state index contributed by atoms with van der Waals surface area (Å²) in [7, 11) is 0. The lowest BCUT2D eigenvalue weighted by Gasteiger charge is -1.98. The molecule has 2 aromatic heterocycles. The maximum Gasteiger partial charge on any atom is 0.257 e. The fourth-order valence-corrected chi connectivity index (χ4v) is 2.55. The molecule has 3 aromatic rings. The fraction of sp³-hybridized carbons (Fsp3) is 0.0769. The molecule has 2 heterocycles. The van der Waals surface area contributed by atoms with Gasteiger partial charge in [-0.25, -0.2) is 0 Å². The van der Waals surface area contributed by atoms with E-state index in [1.807, 2.05) is 23.6 Å². The molecule has 0 bridgehead atoms. The molecule has 4 nitrogen and oxygen atoms in total. The van der Waals surface area contributed by atoms with E-state index in [9.17, 15) is 0 Å². The number of aromatic nitrogens is 2. The Morgan fingerprint density at radius 3 is 2.95 bits per heavy atom. The van der Waals surface area contributed by atoms with Gasteiger partial charge in [0.05, 0.1) is 10.7 Å². The van der Waals surface area contributed by atoms with Crippen molar-refractivity contribution in [2.45, 2.75) is 6.42 Å². The summed E-state index contributed by atoms with van der Waals surface area (Å²) in [5, 5.41) is 6.47. The van der Waals surface area contributed by atoms with Gasteiger partial charge in [-0.15, -0.1) is 11.3 Å². The average molecular weight is 292 g/mol. The third kappa shape index (κ3) is 2.62. The molecule has 0 saturated heterocycles. The van der Waals surface area contributed by atoms with Gasteiger partial charge in [-0.1, -0.05) is 22.8 Å². The number of hydrogen-bond donors (Lipinski definition) is 1. The van der Waals surface area contributed by atoms with Gasteiger partial charge in [0.15, 0.2) is 5.82 Å². The molecule has 1 aromatic carbocycles. The van der Waals surface area contributed by atoms with Crippen LogP contribution < -0.4 is 5.73 Å². The van der Waals surface area contributed by atoms with Crippen LogP contribution in [0.4, 0.5) is 5.69 Å². The van der Waals surface area contributed by atoms with Crippen molar-refractivity contribution in [2.24, 2.45) is 0 Å². The van der Waals surface area contributed by atoms with Crippen LogP contribution in [0.25, 0.3) is 11.5 Å². The minimum Gasteiger partial charge on any atom is -0.398 e. The van der Waals surface area contributed by atoms with Crippen molar-refractivity contribution in [1.29, 1.82) is 0 Å². The molecule has 0 saturated carbocycles. The normalized spacial score (nSPS) is 10.8. The summed E-state index contributed by atoms with van der Waals surface area (Å²) in [5.74, 6) is 1.11. The highest BCUT2D eigenvalue weighted by atomic mass is 35.5. The first-order valence-corrected chi connectivity index (χ1v) is 6.88. The van der Waals surface area contributed by atoms with Crippen LogP contribution in [0.2, 0.25) is 5.02 Å². The van der Waals surface area contributed by atoms with E-state index in [0.717, 1.165) is 5.56 Å². The zero-order valence-corrected chi connectivity index (χ0v) is 11.4. The van der Waals surface area contributed by atoms with Gasteiger partial charge >= 0.3 is 0 Å². The molecule has 0 atom stereocenters. The molecule has 0 fully saturated rings. The number of nitrogens with two attached hydrogens (primary N) is 1. The van der Waals surface area contributed by atoms with Crippen molar-refractivity contribution in [3.8, 4) is 11.5 Å². The molecule has 0 aliphatic carbocycles. The van der Waals surface area contributed by atoms with Gasteiger partial charge in [0.2, 0.25) is 0 Å². The smallest absolute Gasteiger partial charge is 0.257 e. The van der Waals surface area contributed by atoms with Crippen LogP contribution in [0.1, 0.15) is 10.7 Å². The summed E-state index contributed by atoms with van der Waals surface area (Å²) >= 11 is 7.64. The van der Waals surface area contributed by atoms with E-state index in [-0.39, 0.29) is 0 Å². The largest absolute Gasteiger partial charge is 0.398 e. The monoisotopic (exact) mass is 291 g/mol. The number of benzene rings is 1. The van der Waals surface area contributed by atoms with E-state index in [0.29, 0.717) is 28.8 Å². The zero-order valence-electron chi connectivity index (χ0n) is 9.84. The SMILES string of the molecule is Nc1ccc(-c2nc(Cc3cccs3)no2)cc1Cl. The fourth-order valence-electron chi connectivity index (χ4n) is 1.67. The summed E-state index contributed by atoms with van der Waals surface area (Å²) in [4.78, 5) is 5.55. The molecular formula is C13H10ClN3OS. The molecule has 0 aliphatic heterocycles. The quantitative estimate of drug-likeness (QED) is 0.749. The van der Waals surface area contributed by atoms with Gasteiger partial charge in [0, 0.05) is 16.9 Å². The number of rotatable bonds is 3. The topological polar surface area (TPSA) is 64.9 Å². The predicted molar refractivity (Wildman–Crippen MR) is 76.3 cm³/mol. The molecule has 3 rings (SSSR count). The van der Waals surface area contributed by atoms with Gasteiger partial charge in [-0.3, -0.25) is 0 Å². The summed E-state index contributed by atoms with van der Waals surface area (Å²) in [6.45, 7) is 0. The van der Waals surface area contributed by atoms with Gasteiger partial charge in [-0.05, 0) is 29.6 Å². The predicted octanol–water partition coefficient (Wildman–Crippen LogP) is 3.62. The Balaban J connectivity index is 1.86. The molecule has 0 amide bonds. The lowest BCUT2D eigenvalue weighted by Crippen LogP contribution is -1.88. The third-order valence-corrected chi connectivity index (χ3v) is 3.83. The molecule has 19 heavy (non-hydrogen) atoms. The Kier molecular flexibility index (Phi) is 3.23. The van der Waals surface area contributed by atoms with Crippen LogP contribution in [0, 0.1) is 0 Å². The van der Waals surface area contributed by atoms with Crippen molar-refractivity contribution in [3.05, 3.63) is 51.4 Å². The van der Waals surface area contributed by atoms with Crippen LogP contribution >= 0.6 is 22.9 Å². The summed E-state index contributed by atoms with van der Waals surface area (Å²) in [5.41, 5.74) is 6.96. The first-order chi connectivity index (χ1) is 9.22. The Morgan fingerprint density at radius 2 is 2.21 bits per heavy atom. The van der Waals surface area contributed by atoms with Gasteiger partial charge < -0.3 is 10.3 Å². The van der Waals surface area contributed by atoms with E-state index in [1.54, 1.807) is 23.5 Å². The van der Waals surface area contributed by atoms with Crippen LogP contribution in [-0.2, 0) is 6.42 Å². The van der Waals surface area contributed by atoms with E-state index < -0.39 is 0 Å². The van der Waals surface area contributed by atoms with Crippen molar-refractivity contribution < 1.29 is 4.52 Å². The summed E-state index contributed by atoms with van der Waals surface area (Å²) in [6, 6.07) is 9.30. The Morgan fingerprint density at radius 1 is 1.32 bits per heavy atom. The Bertz CT molecular complexity index is 694. The molecular weight excluding hydrogens is 282 g/mol. The number of halogens is 1. The molecule has 6 heteroatoms. The standard InChI is InChI=1S/C13H10ClN3OS/c14-10-6-8(3-4-11(10)15)13-16-12(17-18-13)7-9-2-1-5-19-9/h1-6H,7,15H2. The number of thiophene rings is 1. The summed E-state index contributed by atoms with van der Waals surface area (Å²) in [6.07, 6.45) is 0.671. The minimum absolute atomic E-state index is 0.452. The molecule has 0 aliphatic rings. The molecule has 96 valence electrons. The van der Waals surface area contributed by atoms with Crippen molar-refractivity contribution in [1.82, 2.24) is 10.1 Å². The highest BCUT2D eigenvalue weighted by Gasteiger charge is 2.11. The van der Waals surface area contributed by atoms with Gasteiger partial charge in [0.25, 0.3) is 5.89 Å². The molecule has 0 spiro atoms. The average Bonchev–Trinajstić information content (AvgIpc) is 3.05. The lowest BCUT2D eigenvalue weighted by atomic mass is 10.2. The second-order valence-corrected chi connectivity index (χ2v) is 5.45. The third-order valence-electron chi connectivity index (χ3n) is 2.63. The highest BCUT2D eigenvalue weighted by Crippen LogP contribution is 2.26. The first kappa shape index (κ1) is 12.2. The van der Waals surface area contributed by atoms with Gasteiger partial charge in [-0.2, -0.15) is 4.98 Å². The van der Waals surface area contributed by atoms with Crippen LogP contribution in [0.5, 0.6) is 0 Å². The van der Waals surface area contributed by atoms with E-state index in [4.69, 9.17) is 21.9 Å². The van der Waals surface area contributed by atoms with Crippen LogP contribution in [0.3, 0.4) is 0 Å². The van der Waals surface area contributed by atoms with Gasteiger partial charge in [0.1, 0.15) is 0 Å². The number of hydrogen-bond acceptors (Lipinski definition) is 5. The molecule has 2 N–H and O–H groups in total. The maximum absolute atomic E-state index is 5.97. The lowest BCUT2D eigenvalue weighted by molar-refractivity contribution is 0.424. The van der Waals surface area contributed by atoms with Crippen molar-refractivity contribution in [2.75, 3.05) is 5.73 Å². The van der Waals surface area contributed by atoms with Crippen molar-refractivity contribution in [3.63, 3.8) is 0 Å². The second kappa shape index (κ2) is 5.03. The number of anilines is 1. The minimum atomic E-state index is 0.452. The summed E-state index contributed by atoms with van der Waals surface area (Å²) < 4.78 is 5.24. The first-order valence-electron chi connectivity index (χ1n) is 5.63. The Hall–Kier alpha value is -1.85. The highest BCUT2D eigenvalue weighted by molar-refractivity contribution is 7.09. The van der Waals surface area contributed by atoms with Crippen LogP contribution in [-0.4, -0.2) is 10.1 Å². The number of nitrogen functional groups attached to an aromatic ring is 1. The van der Waals surface area contributed by atoms with E-state index in [2.05, 4.69) is 10.1 Å². The Labute approximate surface area is 118 Å². The van der Waals surface area contributed by atoms with E-state index >= 15 is 0 Å². The van der Waals surface area contributed by atoms with Crippen molar-refractivity contribution >= 4 is 28.6 Å². The number of nitrogens with zero attached hydrogens (tertiary/aromatic N) is 2. The molecule has 0 unspecified atom stereocenters. The second-order valence-electron chi connectivity index (χ2n) is 4.01. The van der Waals surface area contributed by atoms with Crippen LogP contribution in [0.15, 0.2) is 40.2 Å². The molecule has 0 radical (unpaired) electrons. The zero-order chi connectivity index (χ0) is 13.2. The maximum atomic E-state index is 5.97. The van der Waals surface area contributed by atoms with E-state index in [1.165, 1.54) is 4.88 Å².